The molecule has 8 rings (SSSR count). The molecule has 0 radical (unpaired) electrons. The van der Waals surface area contributed by atoms with Crippen LogP contribution in [0.2, 0.25) is 10.1 Å². The van der Waals surface area contributed by atoms with Gasteiger partial charge in [-0.25, -0.2) is 9.98 Å². The molecule has 12 heteroatoms. The summed E-state index contributed by atoms with van der Waals surface area (Å²) < 4.78 is 14.6. The predicted molar refractivity (Wildman–Crippen MR) is 270 cm³/mol. The van der Waals surface area contributed by atoms with Crippen molar-refractivity contribution >= 4 is 70.9 Å². The van der Waals surface area contributed by atoms with Crippen molar-refractivity contribution in [2.75, 3.05) is 50.9 Å². The summed E-state index contributed by atoms with van der Waals surface area (Å²) in [6.45, 7) is 19.5. The fraction of sp³-hybridized carbons (Fsp3) is 0.480. The monoisotopic (exact) mass is 904 g/mol. The molecule has 0 aromatic heterocycles. The number of hydrogen-bond acceptors (Lipinski definition) is 10. The number of hydrogen-bond donors (Lipinski definition) is 2. The summed E-state index contributed by atoms with van der Waals surface area (Å²) in [5, 5.41) is 12.9. The van der Waals surface area contributed by atoms with E-state index in [1.807, 2.05) is 21.6 Å². The molecule has 0 unspecified atom stereocenters. The van der Waals surface area contributed by atoms with E-state index in [0.717, 1.165) is 75.3 Å². The van der Waals surface area contributed by atoms with Gasteiger partial charge in [-0.2, -0.15) is 0 Å². The minimum atomic E-state index is -2.61. The van der Waals surface area contributed by atoms with Gasteiger partial charge < -0.3 is 29.3 Å². The molecular weight excluding hydrogens is 837 g/mol. The van der Waals surface area contributed by atoms with Gasteiger partial charge in [0.25, 0.3) is 16.6 Å². The number of benzene rings is 4. The third kappa shape index (κ3) is 9.76. The molecule has 4 aromatic carbocycles. The third-order valence-corrected chi connectivity index (χ3v) is 25.8. The average molecular weight is 905 g/mol. The lowest BCUT2D eigenvalue weighted by molar-refractivity contribution is 0.233. The highest BCUT2D eigenvalue weighted by molar-refractivity contribution is 8.76. The van der Waals surface area contributed by atoms with Crippen LogP contribution in [0, 0.1) is 0 Å². The van der Waals surface area contributed by atoms with Gasteiger partial charge in [0.15, 0.2) is 11.9 Å². The first-order valence-corrected chi connectivity index (χ1v) is 29.2. The molecular formula is C50H68N6O2S2Si2. The Bertz CT molecular complexity index is 1870. The summed E-state index contributed by atoms with van der Waals surface area (Å²) in [7, 11) is -1.23. The Labute approximate surface area is 381 Å². The van der Waals surface area contributed by atoms with Gasteiger partial charge in [0.05, 0.1) is 25.3 Å². The molecule has 0 amide bonds. The SMILES string of the molecule is CC(C)(C)[Si](OC[C@H]1CCN2CC[C@H](CSSC[C@H]3CCN4CC[C@H](CO[Si](c5ccccc5)(c5ccccc5)C(C)(C)C)N=C4N3)NC2=N1)(c1ccccc1)c1ccccc1. The Morgan fingerprint density at radius 3 is 1.11 bits per heavy atom. The molecule has 62 heavy (non-hydrogen) atoms. The van der Waals surface area contributed by atoms with E-state index >= 15 is 0 Å². The van der Waals surface area contributed by atoms with E-state index in [-0.39, 0.29) is 22.2 Å². The van der Waals surface area contributed by atoms with Crippen LogP contribution in [-0.4, -0.2) is 113 Å². The highest BCUT2D eigenvalue weighted by Crippen LogP contribution is 2.39. The van der Waals surface area contributed by atoms with E-state index < -0.39 is 16.6 Å². The molecule has 4 heterocycles. The smallest absolute Gasteiger partial charge is 0.261 e. The number of nitrogens with one attached hydrogen (secondary N) is 2. The van der Waals surface area contributed by atoms with Crippen molar-refractivity contribution in [3.8, 4) is 0 Å². The number of fused-ring (bicyclic) bond motifs is 2. The Morgan fingerprint density at radius 1 is 0.500 bits per heavy atom. The number of nitrogens with zero attached hydrogens (tertiary/aromatic N) is 4. The predicted octanol–water partition coefficient (Wildman–Crippen LogP) is 7.11. The van der Waals surface area contributed by atoms with E-state index in [0.29, 0.717) is 25.3 Å². The Balaban J connectivity index is 0.845. The van der Waals surface area contributed by atoms with Crippen LogP contribution in [0.4, 0.5) is 0 Å². The van der Waals surface area contributed by atoms with Crippen LogP contribution in [0.3, 0.4) is 0 Å². The quantitative estimate of drug-likeness (QED) is 0.0745. The summed E-state index contributed by atoms with van der Waals surface area (Å²) in [5.41, 5.74) is 0. The van der Waals surface area contributed by atoms with Crippen LogP contribution in [0.5, 0.6) is 0 Å². The van der Waals surface area contributed by atoms with Crippen molar-refractivity contribution in [1.29, 1.82) is 0 Å². The third-order valence-electron chi connectivity index (χ3n) is 13.3. The van der Waals surface area contributed by atoms with Gasteiger partial charge in [-0.15, -0.1) is 0 Å². The van der Waals surface area contributed by atoms with Gasteiger partial charge >= 0.3 is 0 Å². The molecule has 0 spiro atoms. The van der Waals surface area contributed by atoms with Crippen molar-refractivity contribution in [3.05, 3.63) is 121 Å². The van der Waals surface area contributed by atoms with Crippen LogP contribution in [0.25, 0.3) is 0 Å². The molecule has 0 aliphatic carbocycles. The minimum Gasteiger partial charge on any atom is -0.405 e. The van der Waals surface area contributed by atoms with Crippen LogP contribution in [-0.2, 0) is 8.85 Å². The lowest BCUT2D eigenvalue weighted by atomic mass is 10.1. The lowest BCUT2D eigenvalue weighted by Crippen LogP contribution is -2.67. The van der Waals surface area contributed by atoms with Gasteiger partial charge in [0.1, 0.15) is 0 Å². The van der Waals surface area contributed by atoms with Crippen molar-refractivity contribution < 1.29 is 8.85 Å². The molecule has 2 saturated heterocycles. The maximum atomic E-state index is 7.32. The van der Waals surface area contributed by atoms with Gasteiger partial charge in [0.2, 0.25) is 0 Å². The van der Waals surface area contributed by atoms with Crippen molar-refractivity contribution in [2.24, 2.45) is 9.98 Å². The second-order valence-corrected chi connectivity index (χ2v) is 30.7. The zero-order valence-corrected chi connectivity index (χ0v) is 41.4. The minimum absolute atomic E-state index is 0.0486. The number of aliphatic imine (C=N–C) groups is 2. The average Bonchev–Trinajstić information content (AvgIpc) is 3.28. The number of guanidine groups is 2. The first kappa shape index (κ1) is 45.1. The topological polar surface area (TPSA) is 73.7 Å². The van der Waals surface area contributed by atoms with E-state index in [2.05, 4.69) is 183 Å². The zero-order chi connectivity index (χ0) is 43.2. The molecule has 0 bridgehead atoms. The molecule has 4 atom stereocenters. The van der Waals surface area contributed by atoms with Gasteiger partial charge in [-0.3, -0.25) is 0 Å². The van der Waals surface area contributed by atoms with Crippen LogP contribution < -0.4 is 31.4 Å². The molecule has 8 nitrogen and oxygen atoms in total. The number of rotatable bonds is 15. The van der Waals surface area contributed by atoms with Crippen molar-refractivity contribution in [2.45, 2.75) is 101 Å². The Morgan fingerprint density at radius 2 is 0.806 bits per heavy atom. The maximum Gasteiger partial charge on any atom is 0.261 e. The first-order chi connectivity index (χ1) is 30.0. The standard InChI is InChI=1S/C50H68N6O2S2Si2/c1-49(2,3)61(43-19-11-7-12-20-43,44-21-13-8-14-22-44)57-35-39-27-31-55-33-29-41(53-47(55)51-39)37-59-60-38-42-30-34-56-32-28-40(52-48(56)54-42)36-58-62(50(4,5)6,45-23-15-9-16-24-45)46-25-17-10-18-26-46/h7-26,39-42H,27-38H2,1-6H3,(H,51,53)(H,52,54)/t39-,40-,41-,42-/m1/s1. The van der Waals surface area contributed by atoms with Gasteiger partial charge in [0, 0.05) is 49.8 Å². The molecule has 4 aliphatic rings. The summed E-state index contributed by atoms with van der Waals surface area (Å²) in [4.78, 5) is 15.5. The fourth-order valence-corrected chi connectivity index (χ4v) is 21.8. The molecule has 0 saturated carbocycles. The summed E-state index contributed by atoms with van der Waals surface area (Å²) in [6.07, 6.45) is 4.32. The maximum absolute atomic E-state index is 7.32. The lowest BCUT2D eigenvalue weighted by Gasteiger charge is -2.44. The zero-order valence-electron chi connectivity index (χ0n) is 37.8. The fourth-order valence-electron chi connectivity index (χ4n) is 10.0. The summed E-state index contributed by atoms with van der Waals surface area (Å²) in [5.74, 6) is 4.24. The molecule has 2 fully saturated rings. The molecule has 4 aliphatic heterocycles. The van der Waals surface area contributed by atoms with Gasteiger partial charge in [-0.1, -0.05) is 184 Å². The van der Waals surface area contributed by atoms with E-state index in [4.69, 9.17) is 18.8 Å². The highest BCUT2D eigenvalue weighted by atomic mass is 33.1. The second-order valence-electron chi connectivity index (χ2n) is 19.5. The highest BCUT2D eigenvalue weighted by Gasteiger charge is 2.52. The van der Waals surface area contributed by atoms with Gasteiger partial charge in [-0.05, 0) is 56.5 Å². The van der Waals surface area contributed by atoms with E-state index in [9.17, 15) is 0 Å². The Hall–Kier alpha value is -3.53. The van der Waals surface area contributed by atoms with Crippen LogP contribution in [0.15, 0.2) is 131 Å². The van der Waals surface area contributed by atoms with Crippen molar-refractivity contribution in [3.63, 3.8) is 0 Å². The molecule has 2 N–H and O–H groups in total. The molecule has 4 aromatic rings. The largest absolute Gasteiger partial charge is 0.405 e. The second kappa shape index (κ2) is 19.7. The van der Waals surface area contributed by atoms with Crippen LogP contribution in [0.1, 0.15) is 67.2 Å². The normalized spacial score (nSPS) is 22.1. The Kier molecular flexibility index (Phi) is 14.3. The van der Waals surface area contributed by atoms with Crippen molar-refractivity contribution in [1.82, 2.24) is 20.4 Å². The van der Waals surface area contributed by atoms with E-state index in [1.54, 1.807) is 0 Å². The van der Waals surface area contributed by atoms with Crippen LogP contribution >= 0.6 is 21.6 Å². The van der Waals surface area contributed by atoms with E-state index in [1.165, 1.54) is 20.7 Å². The molecule has 330 valence electrons. The summed E-state index contributed by atoms with van der Waals surface area (Å²) in [6, 6.07) is 45.0. The summed E-state index contributed by atoms with van der Waals surface area (Å²) >= 11 is 0. The first-order valence-electron chi connectivity index (χ1n) is 22.9.